The zero-order chi connectivity index (χ0) is 24.7. The topological polar surface area (TPSA) is 70.8 Å². The Balaban J connectivity index is 0.00000361. The van der Waals surface area contributed by atoms with Crippen molar-refractivity contribution in [3.05, 3.63) is 131 Å². The Hall–Kier alpha value is -3.66. The summed E-state index contributed by atoms with van der Waals surface area (Å²) < 4.78 is 0. The van der Waals surface area contributed by atoms with Gasteiger partial charge in [-0.3, -0.25) is 9.98 Å². The van der Waals surface area contributed by atoms with Crippen molar-refractivity contribution in [2.45, 2.75) is 13.8 Å². The molecule has 4 aromatic rings. The Labute approximate surface area is 223 Å². The molecule has 36 heavy (non-hydrogen) atoms. The summed E-state index contributed by atoms with van der Waals surface area (Å²) in [6, 6.07) is 33.5. The van der Waals surface area contributed by atoms with Gasteiger partial charge in [0.15, 0.2) is 0 Å². The van der Waals surface area contributed by atoms with Crippen LogP contribution < -0.4 is 10.2 Å². The number of rotatable bonds is 8. The van der Waals surface area contributed by atoms with Crippen molar-refractivity contribution in [3.8, 4) is 11.5 Å². The normalized spacial score (nSPS) is 12.2. The van der Waals surface area contributed by atoms with Crippen LogP contribution in [0.15, 0.2) is 119 Å². The first-order valence-corrected chi connectivity index (χ1v) is 11.7. The van der Waals surface area contributed by atoms with Crippen LogP contribution in [0.5, 0.6) is 11.5 Å². The van der Waals surface area contributed by atoms with Crippen LogP contribution in [0.1, 0.15) is 36.1 Å². The SMILES string of the molecule is CC(C)(CN=C(c1ccccc1)c1ccccc1[O-])CN=C(c1ccccc1)c1ccccc1[O-].[Cu+2]. The molecule has 0 amide bonds. The summed E-state index contributed by atoms with van der Waals surface area (Å²) in [4.78, 5) is 9.85. The number of hydrogen-bond acceptors (Lipinski definition) is 4. The van der Waals surface area contributed by atoms with Crippen molar-refractivity contribution >= 4 is 11.4 Å². The summed E-state index contributed by atoms with van der Waals surface area (Å²) in [6.45, 7) is 5.13. The summed E-state index contributed by atoms with van der Waals surface area (Å²) in [7, 11) is 0. The summed E-state index contributed by atoms with van der Waals surface area (Å²) in [5.74, 6) is -0.103. The molecule has 4 rings (SSSR count). The second kappa shape index (κ2) is 12.3. The van der Waals surface area contributed by atoms with Crippen LogP contribution in [0.25, 0.3) is 0 Å². The molecule has 0 fully saturated rings. The van der Waals surface area contributed by atoms with E-state index in [9.17, 15) is 10.2 Å². The van der Waals surface area contributed by atoms with Crippen LogP contribution in [0.3, 0.4) is 0 Å². The molecule has 1 radical (unpaired) electrons. The van der Waals surface area contributed by atoms with Crippen LogP contribution in [0.4, 0.5) is 0 Å². The molecular weight excluding hydrogens is 496 g/mol. The smallest absolute Gasteiger partial charge is 0.872 e. The average Bonchev–Trinajstić information content (AvgIpc) is 2.87. The molecule has 0 unspecified atom stereocenters. The fourth-order valence-corrected chi connectivity index (χ4v) is 3.82. The predicted octanol–water partition coefficient (Wildman–Crippen LogP) is 5.23. The van der Waals surface area contributed by atoms with Crippen LogP contribution in [0.2, 0.25) is 0 Å². The van der Waals surface area contributed by atoms with E-state index >= 15 is 0 Å². The molecule has 5 heteroatoms. The minimum absolute atomic E-state index is 0. The van der Waals surface area contributed by atoms with Crippen molar-refractivity contribution < 1.29 is 27.3 Å². The van der Waals surface area contributed by atoms with Crippen molar-refractivity contribution in [1.82, 2.24) is 0 Å². The molecule has 0 aromatic heterocycles. The molecular formula is C31H28CuN2O2. The first kappa shape index (κ1) is 26.9. The molecule has 0 spiro atoms. The van der Waals surface area contributed by atoms with E-state index in [1.165, 1.54) is 0 Å². The molecule has 0 N–H and O–H groups in total. The molecule has 0 atom stereocenters. The van der Waals surface area contributed by atoms with Gasteiger partial charge in [0.2, 0.25) is 0 Å². The largest absolute Gasteiger partial charge is 2.00 e. The first-order valence-electron chi connectivity index (χ1n) is 11.7. The van der Waals surface area contributed by atoms with E-state index in [-0.39, 0.29) is 34.0 Å². The van der Waals surface area contributed by atoms with Gasteiger partial charge in [0, 0.05) is 29.6 Å². The molecule has 185 valence electrons. The van der Waals surface area contributed by atoms with E-state index in [0.717, 1.165) is 11.1 Å². The first-order chi connectivity index (χ1) is 16.9. The Morgan fingerprint density at radius 3 is 1.25 bits per heavy atom. The third kappa shape index (κ3) is 6.72. The maximum Gasteiger partial charge on any atom is 2.00 e. The van der Waals surface area contributed by atoms with Gasteiger partial charge < -0.3 is 10.2 Å². The summed E-state index contributed by atoms with van der Waals surface area (Å²) >= 11 is 0. The quantitative estimate of drug-likeness (QED) is 0.234. The number of para-hydroxylation sites is 2. The van der Waals surface area contributed by atoms with E-state index in [2.05, 4.69) is 13.8 Å². The third-order valence-corrected chi connectivity index (χ3v) is 5.71. The summed E-state index contributed by atoms with van der Waals surface area (Å²) in [5.41, 5.74) is 4.03. The fourth-order valence-electron chi connectivity index (χ4n) is 3.82. The van der Waals surface area contributed by atoms with Crippen LogP contribution >= 0.6 is 0 Å². The van der Waals surface area contributed by atoms with Crippen molar-refractivity contribution in [2.24, 2.45) is 15.4 Å². The van der Waals surface area contributed by atoms with E-state index < -0.39 is 0 Å². The molecule has 0 saturated heterocycles. The van der Waals surface area contributed by atoms with E-state index in [1.807, 2.05) is 84.9 Å². The molecule has 0 heterocycles. The molecule has 0 aliphatic heterocycles. The van der Waals surface area contributed by atoms with Gasteiger partial charge in [0.1, 0.15) is 0 Å². The monoisotopic (exact) mass is 523 g/mol. The van der Waals surface area contributed by atoms with Gasteiger partial charge in [-0.2, -0.15) is 0 Å². The van der Waals surface area contributed by atoms with Crippen molar-refractivity contribution in [3.63, 3.8) is 0 Å². The number of nitrogens with zero attached hydrogens (tertiary/aromatic N) is 2. The van der Waals surface area contributed by atoms with Crippen molar-refractivity contribution in [1.29, 1.82) is 0 Å². The van der Waals surface area contributed by atoms with Gasteiger partial charge in [-0.05, 0) is 11.1 Å². The minimum Gasteiger partial charge on any atom is -0.872 e. The zero-order valence-electron chi connectivity index (χ0n) is 20.3. The van der Waals surface area contributed by atoms with E-state index in [1.54, 1.807) is 24.3 Å². The van der Waals surface area contributed by atoms with E-state index in [4.69, 9.17) is 9.98 Å². The molecule has 0 aliphatic rings. The second-order valence-corrected chi connectivity index (χ2v) is 9.22. The van der Waals surface area contributed by atoms with E-state index in [0.29, 0.717) is 35.6 Å². The number of hydrogen-bond donors (Lipinski definition) is 0. The minimum atomic E-state index is -0.310. The molecule has 0 saturated carbocycles. The molecule has 4 aromatic carbocycles. The summed E-state index contributed by atoms with van der Waals surface area (Å²) in [6.07, 6.45) is 0. The number of aliphatic imine (C=N–C) groups is 2. The molecule has 4 nitrogen and oxygen atoms in total. The number of benzene rings is 4. The van der Waals surface area contributed by atoms with Crippen LogP contribution in [-0.2, 0) is 17.1 Å². The van der Waals surface area contributed by atoms with Crippen LogP contribution in [-0.4, -0.2) is 24.5 Å². The van der Waals surface area contributed by atoms with Gasteiger partial charge in [0.25, 0.3) is 0 Å². The fraction of sp³-hybridized carbons (Fsp3) is 0.161. The van der Waals surface area contributed by atoms with Crippen molar-refractivity contribution in [2.75, 3.05) is 13.1 Å². The summed E-state index contributed by atoms with van der Waals surface area (Å²) in [5, 5.41) is 25.2. The van der Waals surface area contributed by atoms with Gasteiger partial charge in [-0.15, -0.1) is 0 Å². The average molecular weight is 524 g/mol. The standard InChI is InChI=1S/C31H30N2O2.Cu/c1-31(2,21-32-29(23-13-5-3-6-14-23)25-17-9-11-19-27(25)34)22-33-30(24-15-7-4-8-16-24)26-18-10-12-20-28(26)35;/h3-20,34-35H,21-22H2,1-2H3;/q;+2/p-2. The van der Waals surface area contributed by atoms with Crippen LogP contribution in [0, 0.1) is 5.41 Å². The Kier molecular flexibility index (Phi) is 9.24. The predicted molar refractivity (Wildman–Crippen MR) is 139 cm³/mol. The molecule has 0 bridgehead atoms. The van der Waals surface area contributed by atoms with Gasteiger partial charge in [-0.1, -0.05) is 135 Å². The zero-order valence-corrected chi connectivity index (χ0v) is 21.3. The second-order valence-electron chi connectivity index (χ2n) is 9.22. The van der Waals surface area contributed by atoms with Gasteiger partial charge >= 0.3 is 17.1 Å². The molecule has 0 aliphatic carbocycles. The Morgan fingerprint density at radius 1 is 0.556 bits per heavy atom. The maximum absolute atomic E-state index is 12.6. The Bertz CT molecular complexity index is 1230. The maximum atomic E-state index is 12.6. The third-order valence-electron chi connectivity index (χ3n) is 5.71. The van der Waals surface area contributed by atoms with Gasteiger partial charge in [0.05, 0.1) is 11.4 Å². The van der Waals surface area contributed by atoms with Gasteiger partial charge in [-0.25, -0.2) is 0 Å². The Morgan fingerprint density at radius 2 is 0.889 bits per heavy atom.